The highest BCUT2D eigenvalue weighted by atomic mass is 19.1. The number of ether oxygens (including phenoxy) is 1. The quantitative estimate of drug-likeness (QED) is 0.840. The fourth-order valence-electron chi connectivity index (χ4n) is 4.20. The van der Waals surface area contributed by atoms with Crippen LogP contribution in [0.3, 0.4) is 0 Å². The largest absolute Gasteiger partial charge is 0.378 e. The number of morpholine rings is 1. The van der Waals surface area contributed by atoms with E-state index < -0.39 is 0 Å². The fourth-order valence-corrected chi connectivity index (χ4v) is 4.20. The zero-order valence-corrected chi connectivity index (χ0v) is 16.9. The predicted molar refractivity (Wildman–Crippen MR) is 110 cm³/mol. The molecule has 1 aromatic heterocycles. The van der Waals surface area contributed by atoms with E-state index in [1.54, 1.807) is 24.3 Å². The lowest BCUT2D eigenvalue weighted by Gasteiger charge is -2.34. The SMILES string of the molecule is O=C(N[C@@H]1CCC[C@@H](C(=O)N2CCOCC2)C1)c1ccc(-c2cccc(F)c2)nc1. The summed E-state index contributed by atoms with van der Waals surface area (Å²) in [6.07, 6.45) is 4.83. The molecule has 1 aliphatic heterocycles. The van der Waals surface area contributed by atoms with E-state index in [-0.39, 0.29) is 29.6 Å². The van der Waals surface area contributed by atoms with Crippen molar-refractivity contribution in [3.8, 4) is 11.3 Å². The number of nitrogens with zero attached hydrogens (tertiary/aromatic N) is 2. The number of pyridine rings is 1. The highest BCUT2D eigenvalue weighted by molar-refractivity contribution is 5.94. The summed E-state index contributed by atoms with van der Waals surface area (Å²) in [6, 6.07) is 9.59. The Morgan fingerprint density at radius 2 is 1.97 bits per heavy atom. The molecule has 1 N–H and O–H groups in total. The molecule has 0 radical (unpaired) electrons. The minimum atomic E-state index is -0.324. The molecular formula is C23H26FN3O3. The van der Waals surface area contributed by atoms with Crippen molar-refractivity contribution in [1.29, 1.82) is 0 Å². The van der Waals surface area contributed by atoms with E-state index in [1.807, 2.05) is 4.90 Å². The molecule has 2 fully saturated rings. The van der Waals surface area contributed by atoms with Gasteiger partial charge in [0.25, 0.3) is 5.91 Å². The Morgan fingerprint density at radius 3 is 2.70 bits per heavy atom. The number of carbonyl (C=O) groups excluding carboxylic acids is 2. The molecule has 4 rings (SSSR count). The van der Waals surface area contributed by atoms with E-state index in [0.717, 1.165) is 19.3 Å². The standard InChI is InChI=1S/C23H26FN3O3/c24-19-5-1-3-16(13-19)21-8-7-18(15-25-21)22(28)26-20-6-2-4-17(14-20)23(29)27-9-11-30-12-10-27/h1,3,5,7-8,13,15,17,20H,2,4,6,9-12,14H2,(H,26,28)/t17-,20-/m1/s1. The van der Waals surface area contributed by atoms with Gasteiger partial charge in [-0.05, 0) is 43.5 Å². The third-order valence-corrected chi connectivity index (χ3v) is 5.83. The molecule has 1 aliphatic carbocycles. The van der Waals surface area contributed by atoms with Crippen LogP contribution < -0.4 is 5.32 Å². The maximum atomic E-state index is 13.4. The van der Waals surface area contributed by atoms with E-state index in [4.69, 9.17) is 4.74 Å². The number of aromatic nitrogens is 1. The molecule has 30 heavy (non-hydrogen) atoms. The summed E-state index contributed by atoms with van der Waals surface area (Å²) in [5.41, 5.74) is 1.73. The van der Waals surface area contributed by atoms with Crippen molar-refractivity contribution in [2.45, 2.75) is 31.7 Å². The molecule has 2 amide bonds. The maximum absolute atomic E-state index is 13.4. The van der Waals surface area contributed by atoms with Gasteiger partial charge >= 0.3 is 0 Å². The Kier molecular flexibility index (Phi) is 6.38. The molecule has 2 atom stereocenters. The second kappa shape index (κ2) is 9.34. The van der Waals surface area contributed by atoms with Crippen LogP contribution in [0.4, 0.5) is 4.39 Å². The third kappa shape index (κ3) is 4.84. The number of halogens is 1. The second-order valence-corrected chi connectivity index (χ2v) is 7.91. The Balaban J connectivity index is 1.35. The van der Waals surface area contributed by atoms with Gasteiger partial charge in [0.15, 0.2) is 0 Å². The van der Waals surface area contributed by atoms with Gasteiger partial charge in [-0.25, -0.2) is 4.39 Å². The van der Waals surface area contributed by atoms with Gasteiger partial charge in [0.2, 0.25) is 5.91 Å². The minimum Gasteiger partial charge on any atom is -0.378 e. The van der Waals surface area contributed by atoms with Crippen molar-refractivity contribution >= 4 is 11.8 Å². The molecule has 1 saturated heterocycles. The van der Waals surface area contributed by atoms with Crippen LogP contribution in [-0.4, -0.2) is 54.0 Å². The molecule has 1 aromatic carbocycles. The summed E-state index contributed by atoms with van der Waals surface area (Å²) >= 11 is 0. The molecular weight excluding hydrogens is 385 g/mol. The van der Waals surface area contributed by atoms with Crippen molar-refractivity contribution < 1.29 is 18.7 Å². The van der Waals surface area contributed by atoms with Gasteiger partial charge in [0.05, 0.1) is 24.5 Å². The molecule has 2 aromatic rings. The van der Waals surface area contributed by atoms with Gasteiger partial charge in [-0.1, -0.05) is 18.6 Å². The molecule has 1 saturated carbocycles. The van der Waals surface area contributed by atoms with Gasteiger partial charge in [-0.15, -0.1) is 0 Å². The fraction of sp³-hybridized carbons (Fsp3) is 0.435. The maximum Gasteiger partial charge on any atom is 0.253 e. The molecule has 6 nitrogen and oxygen atoms in total. The van der Waals surface area contributed by atoms with E-state index >= 15 is 0 Å². The van der Waals surface area contributed by atoms with E-state index in [9.17, 15) is 14.0 Å². The minimum absolute atomic E-state index is 0.0239. The monoisotopic (exact) mass is 411 g/mol. The molecule has 0 bridgehead atoms. The smallest absolute Gasteiger partial charge is 0.253 e. The van der Waals surface area contributed by atoms with Gasteiger partial charge in [0.1, 0.15) is 5.82 Å². The van der Waals surface area contributed by atoms with Crippen molar-refractivity contribution in [1.82, 2.24) is 15.2 Å². The van der Waals surface area contributed by atoms with Crippen molar-refractivity contribution in [3.05, 3.63) is 54.0 Å². The first kappa shape index (κ1) is 20.5. The van der Waals surface area contributed by atoms with Crippen LogP contribution in [0.2, 0.25) is 0 Å². The average Bonchev–Trinajstić information content (AvgIpc) is 2.79. The average molecular weight is 411 g/mol. The van der Waals surface area contributed by atoms with Gasteiger partial charge < -0.3 is 15.0 Å². The number of nitrogens with one attached hydrogen (secondary N) is 1. The molecule has 158 valence electrons. The first-order valence-corrected chi connectivity index (χ1v) is 10.5. The van der Waals surface area contributed by atoms with Crippen LogP contribution in [0.25, 0.3) is 11.3 Å². The van der Waals surface area contributed by atoms with Crippen molar-refractivity contribution in [3.63, 3.8) is 0 Å². The number of benzene rings is 1. The molecule has 7 heteroatoms. The Hall–Kier alpha value is -2.80. The van der Waals surface area contributed by atoms with E-state index in [2.05, 4.69) is 10.3 Å². The van der Waals surface area contributed by atoms with Crippen molar-refractivity contribution in [2.24, 2.45) is 5.92 Å². The van der Waals surface area contributed by atoms with E-state index in [0.29, 0.717) is 49.5 Å². The second-order valence-electron chi connectivity index (χ2n) is 7.91. The number of carbonyl (C=O) groups is 2. The van der Waals surface area contributed by atoms with Crippen LogP contribution in [0.15, 0.2) is 42.6 Å². The van der Waals surface area contributed by atoms with Crippen LogP contribution in [0, 0.1) is 11.7 Å². The van der Waals surface area contributed by atoms with Crippen LogP contribution >= 0.6 is 0 Å². The summed E-state index contributed by atoms with van der Waals surface area (Å²) in [5.74, 6) is -0.388. The summed E-state index contributed by atoms with van der Waals surface area (Å²) in [5, 5.41) is 3.06. The van der Waals surface area contributed by atoms with E-state index in [1.165, 1.54) is 18.3 Å². The Bertz CT molecular complexity index is 897. The first-order chi connectivity index (χ1) is 14.6. The topological polar surface area (TPSA) is 71.5 Å². The normalized spacial score (nSPS) is 21.8. The highest BCUT2D eigenvalue weighted by Crippen LogP contribution is 2.27. The lowest BCUT2D eigenvalue weighted by atomic mass is 9.84. The lowest BCUT2D eigenvalue weighted by molar-refractivity contribution is -0.140. The summed E-state index contributed by atoms with van der Waals surface area (Å²) < 4.78 is 18.7. The zero-order valence-electron chi connectivity index (χ0n) is 16.9. The molecule has 2 aliphatic rings. The summed E-state index contributed by atoms with van der Waals surface area (Å²) in [7, 11) is 0. The predicted octanol–water partition coefficient (Wildman–Crippen LogP) is 3.04. The Labute approximate surface area is 175 Å². The highest BCUT2D eigenvalue weighted by Gasteiger charge is 2.31. The first-order valence-electron chi connectivity index (χ1n) is 10.5. The lowest BCUT2D eigenvalue weighted by Crippen LogP contribution is -2.47. The number of hydrogen-bond donors (Lipinski definition) is 1. The van der Waals surface area contributed by atoms with Crippen molar-refractivity contribution in [2.75, 3.05) is 26.3 Å². The summed E-state index contributed by atoms with van der Waals surface area (Å²) in [4.78, 5) is 31.6. The summed E-state index contributed by atoms with van der Waals surface area (Å²) in [6.45, 7) is 2.49. The third-order valence-electron chi connectivity index (χ3n) is 5.83. The number of rotatable bonds is 4. The van der Waals surface area contributed by atoms with Gasteiger partial charge in [-0.3, -0.25) is 14.6 Å². The molecule has 0 spiro atoms. The molecule has 2 heterocycles. The Morgan fingerprint density at radius 1 is 1.13 bits per heavy atom. The van der Waals surface area contributed by atoms with Crippen LogP contribution in [-0.2, 0) is 9.53 Å². The number of hydrogen-bond acceptors (Lipinski definition) is 4. The van der Waals surface area contributed by atoms with Crippen LogP contribution in [0.1, 0.15) is 36.0 Å². The molecule has 0 unspecified atom stereocenters. The zero-order chi connectivity index (χ0) is 20.9. The van der Waals surface area contributed by atoms with Crippen LogP contribution in [0.5, 0.6) is 0 Å². The van der Waals surface area contributed by atoms with Gasteiger partial charge in [0, 0.05) is 36.8 Å². The van der Waals surface area contributed by atoms with Gasteiger partial charge in [-0.2, -0.15) is 0 Å². The number of amides is 2.